The van der Waals surface area contributed by atoms with Crippen LogP contribution in [0.25, 0.3) is 0 Å². The largest absolute Gasteiger partial charge is 0.313 e. The Labute approximate surface area is 106 Å². The zero-order chi connectivity index (χ0) is 12.9. The van der Waals surface area contributed by atoms with E-state index in [0.717, 1.165) is 0 Å². The second-order valence-electron chi connectivity index (χ2n) is 5.49. The maximum Gasteiger partial charge on any atom is 0.151 e. The van der Waals surface area contributed by atoms with E-state index in [9.17, 15) is 8.42 Å². The molecule has 0 aromatic heterocycles. The maximum atomic E-state index is 11.4. The maximum absolute atomic E-state index is 11.4. The van der Waals surface area contributed by atoms with Gasteiger partial charge in [0.1, 0.15) is 0 Å². The van der Waals surface area contributed by atoms with Crippen molar-refractivity contribution in [3.63, 3.8) is 0 Å². The predicted octanol–water partition coefficient (Wildman–Crippen LogP) is 2.23. The van der Waals surface area contributed by atoms with Crippen molar-refractivity contribution in [3.8, 4) is 0 Å². The van der Waals surface area contributed by atoms with E-state index in [1.54, 1.807) is 6.92 Å². The molecule has 0 aliphatic heterocycles. The third kappa shape index (κ3) is 4.96. The Balaban J connectivity index is 2.39. The summed E-state index contributed by atoms with van der Waals surface area (Å²) in [6.07, 6.45) is 5.10. The number of sulfone groups is 1. The Bertz CT molecular complexity index is 311. The lowest BCUT2D eigenvalue weighted by atomic mass is 9.78. The summed E-state index contributed by atoms with van der Waals surface area (Å²) in [5.41, 5.74) is 0. The van der Waals surface area contributed by atoms with E-state index < -0.39 is 9.84 Å². The Morgan fingerprint density at radius 3 is 2.47 bits per heavy atom. The minimum Gasteiger partial charge on any atom is -0.313 e. The number of rotatable bonds is 6. The van der Waals surface area contributed by atoms with Crippen LogP contribution in [0.5, 0.6) is 0 Å². The standard InChI is InChI=1S/C13H27NO2S/c1-4-17(15,16)10-9-14-13-8-6-5-7-12(13)11(2)3/h11-14H,4-10H2,1-3H3. The molecule has 0 heterocycles. The zero-order valence-electron chi connectivity index (χ0n) is 11.4. The summed E-state index contributed by atoms with van der Waals surface area (Å²) in [7, 11) is -2.82. The fourth-order valence-electron chi connectivity index (χ4n) is 2.76. The van der Waals surface area contributed by atoms with Crippen molar-refractivity contribution in [1.29, 1.82) is 0 Å². The van der Waals surface area contributed by atoms with Crippen LogP contribution >= 0.6 is 0 Å². The lowest BCUT2D eigenvalue weighted by Crippen LogP contribution is -2.42. The monoisotopic (exact) mass is 261 g/mol. The molecule has 0 aromatic carbocycles. The summed E-state index contributed by atoms with van der Waals surface area (Å²) in [5.74, 6) is 1.95. The lowest BCUT2D eigenvalue weighted by Gasteiger charge is -2.35. The van der Waals surface area contributed by atoms with Crippen LogP contribution in [0.3, 0.4) is 0 Å². The first-order valence-electron chi connectivity index (χ1n) is 6.90. The molecule has 1 N–H and O–H groups in total. The van der Waals surface area contributed by atoms with Crippen LogP contribution in [0, 0.1) is 11.8 Å². The highest BCUT2D eigenvalue weighted by molar-refractivity contribution is 7.91. The van der Waals surface area contributed by atoms with Crippen LogP contribution in [0.2, 0.25) is 0 Å². The molecule has 1 fully saturated rings. The highest BCUT2D eigenvalue weighted by Crippen LogP contribution is 2.29. The van der Waals surface area contributed by atoms with Crippen molar-refractivity contribution in [2.45, 2.75) is 52.5 Å². The molecule has 0 aromatic rings. The summed E-state index contributed by atoms with van der Waals surface area (Å²) in [4.78, 5) is 0. The van der Waals surface area contributed by atoms with E-state index in [2.05, 4.69) is 19.2 Å². The molecular formula is C13H27NO2S. The van der Waals surface area contributed by atoms with Crippen molar-refractivity contribution < 1.29 is 8.42 Å². The van der Waals surface area contributed by atoms with Gasteiger partial charge in [0.25, 0.3) is 0 Å². The van der Waals surface area contributed by atoms with Crippen molar-refractivity contribution in [2.24, 2.45) is 11.8 Å². The first kappa shape index (κ1) is 15.0. The minimum atomic E-state index is -2.82. The van der Waals surface area contributed by atoms with Gasteiger partial charge in [0.05, 0.1) is 5.75 Å². The van der Waals surface area contributed by atoms with E-state index in [0.29, 0.717) is 24.4 Å². The average Bonchev–Trinajstić information content (AvgIpc) is 2.29. The molecule has 2 unspecified atom stereocenters. The van der Waals surface area contributed by atoms with Gasteiger partial charge in [-0.25, -0.2) is 8.42 Å². The SMILES string of the molecule is CCS(=O)(=O)CCNC1CCCCC1C(C)C. The van der Waals surface area contributed by atoms with Gasteiger partial charge in [-0.15, -0.1) is 0 Å². The van der Waals surface area contributed by atoms with Crippen LogP contribution in [-0.2, 0) is 9.84 Å². The summed E-state index contributed by atoms with van der Waals surface area (Å²) in [6, 6.07) is 0.524. The Morgan fingerprint density at radius 1 is 1.24 bits per heavy atom. The molecule has 0 amide bonds. The first-order valence-corrected chi connectivity index (χ1v) is 8.72. The van der Waals surface area contributed by atoms with Gasteiger partial charge in [-0.3, -0.25) is 0 Å². The van der Waals surface area contributed by atoms with Gasteiger partial charge in [-0.05, 0) is 24.7 Å². The molecule has 4 heteroatoms. The molecule has 0 radical (unpaired) electrons. The molecule has 102 valence electrons. The highest BCUT2D eigenvalue weighted by atomic mass is 32.2. The van der Waals surface area contributed by atoms with Gasteiger partial charge >= 0.3 is 0 Å². The summed E-state index contributed by atoms with van der Waals surface area (Å²) in [6.45, 7) is 6.87. The smallest absolute Gasteiger partial charge is 0.151 e. The summed E-state index contributed by atoms with van der Waals surface area (Å²) < 4.78 is 22.8. The molecule has 1 rings (SSSR count). The molecule has 1 saturated carbocycles. The van der Waals surface area contributed by atoms with Crippen molar-refractivity contribution in [3.05, 3.63) is 0 Å². The Morgan fingerprint density at radius 2 is 1.88 bits per heavy atom. The number of hydrogen-bond acceptors (Lipinski definition) is 3. The molecule has 1 aliphatic rings. The van der Waals surface area contributed by atoms with Gasteiger partial charge < -0.3 is 5.32 Å². The van der Waals surface area contributed by atoms with E-state index in [1.165, 1.54) is 25.7 Å². The quantitative estimate of drug-likeness (QED) is 0.797. The fourth-order valence-corrected chi connectivity index (χ4v) is 3.47. The Hall–Kier alpha value is -0.0900. The lowest BCUT2D eigenvalue weighted by molar-refractivity contribution is 0.208. The normalized spacial score (nSPS) is 26.4. The molecule has 3 nitrogen and oxygen atoms in total. The molecule has 2 atom stereocenters. The minimum absolute atomic E-state index is 0.257. The van der Waals surface area contributed by atoms with E-state index in [-0.39, 0.29) is 11.5 Å². The molecular weight excluding hydrogens is 234 g/mol. The summed E-state index contributed by atoms with van der Waals surface area (Å²) >= 11 is 0. The van der Waals surface area contributed by atoms with E-state index in [1.807, 2.05) is 0 Å². The van der Waals surface area contributed by atoms with Crippen molar-refractivity contribution >= 4 is 9.84 Å². The van der Waals surface area contributed by atoms with Gasteiger partial charge in [-0.2, -0.15) is 0 Å². The molecule has 17 heavy (non-hydrogen) atoms. The van der Waals surface area contributed by atoms with Gasteiger partial charge in [0, 0.05) is 18.3 Å². The van der Waals surface area contributed by atoms with Crippen molar-refractivity contribution in [2.75, 3.05) is 18.1 Å². The number of nitrogens with one attached hydrogen (secondary N) is 1. The van der Waals surface area contributed by atoms with E-state index >= 15 is 0 Å². The molecule has 0 saturated heterocycles. The fraction of sp³-hybridized carbons (Fsp3) is 1.00. The second kappa shape index (κ2) is 6.74. The van der Waals surface area contributed by atoms with Crippen LogP contribution < -0.4 is 5.32 Å². The van der Waals surface area contributed by atoms with Crippen LogP contribution in [-0.4, -0.2) is 32.5 Å². The van der Waals surface area contributed by atoms with Gasteiger partial charge in [0.15, 0.2) is 9.84 Å². The first-order chi connectivity index (χ1) is 7.96. The Kier molecular flexibility index (Phi) is 5.93. The average molecular weight is 261 g/mol. The molecule has 1 aliphatic carbocycles. The van der Waals surface area contributed by atoms with Gasteiger partial charge in [0.2, 0.25) is 0 Å². The zero-order valence-corrected chi connectivity index (χ0v) is 12.2. The van der Waals surface area contributed by atoms with Gasteiger partial charge in [-0.1, -0.05) is 33.6 Å². The molecule has 0 bridgehead atoms. The summed E-state index contributed by atoms with van der Waals surface area (Å²) in [5, 5.41) is 3.46. The number of hydrogen-bond donors (Lipinski definition) is 1. The van der Waals surface area contributed by atoms with Crippen LogP contribution in [0.15, 0.2) is 0 Å². The third-order valence-electron chi connectivity index (χ3n) is 3.94. The topological polar surface area (TPSA) is 46.2 Å². The molecule has 0 spiro atoms. The highest BCUT2D eigenvalue weighted by Gasteiger charge is 2.27. The van der Waals surface area contributed by atoms with Crippen LogP contribution in [0.1, 0.15) is 46.5 Å². The third-order valence-corrected chi connectivity index (χ3v) is 5.64. The van der Waals surface area contributed by atoms with Crippen LogP contribution in [0.4, 0.5) is 0 Å². The van der Waals surface area contributed by atoms with Crippen molar-refractivity contribution in [1.82, 2.24) is 5.32 Å². The van der Waals surface area contributed by atoms with E-state index in [4.69, 9.17) is 0 Å². The predicted molar refractivity (Wildman–Crippen MR) is 72.9 cm³/mol. The second-order valence-corrected chi connectivity index (χ2v) is 7.96.